The first kappa shape index (κ1) is 23.4. The van der Waals surface area contributed by atoms with Crippen LogP contribution >= 0.6 is 0 Å². The van der Waals surface area contributed by atoms with Gasteiger partial charge in [-0.25, -0.2) is 13.1 Å². The second-order valence-corrected chi connectivity index (χ2v) is 8.70. The Hall–Kier alpha value is -3.23. The molecular weight excluding hydrogens is 430 g/mol. The third kappa shape index (κ3) is 5.52. The Balaban J connectivity index is 1.96. The largest absolute Gasteiger partial charge is 0.497 e. The van der Waals surface area contributed by atoms with Crippen LogP contribution in [0.15, 0.2) is 71.6 Å². The van der Waals surface area contributed by atoms with Crippen molar-refractivity contribution in [3.05, 3.63) is 77.9 Å². The molecule has 0 fully saturated rings. The fraction of sp³-hybridized carbons (Fsp3) is 0.250. The lowest BCUT2D eigenvalue weighted by Gasteiger charge is -2.21. The number of hydrogen-bond donors (Lipinski definition) is 1. The van der Waals surface area contributed by atoms with Crippen LogP contribution in [0.5, 0.6) is 23.0 Å². The van der Waals surface area contributed by atoms with Crippen LogP contribution in [-0.2, 0) is 16.4 Å². The smallest absolute Gasteiger partial charge is 0.244 e. The Kier molecular flexibility index (Phi) is 7.61. The third-order valence-corrected chi connectivity index (χ3v) is 6.59. The summed E-state index contributed by atoms with van der Waals surface area (Å²) >= 11 is 0. The van der Waals surface area contributed by atoms with Crippen molar-refractivity contribution in [3.8, 4) is 23.0 Å². The van der Waals surface area contributed by atoms with E-state index in [1.807, 2.05) is 36.4 Å². The first-order valence-electron chi connectivity index (χ1n) is 9.91. The van der Waals surface area contributed by atoms with Gasteiger partial charge in [-0.2, -0.15) is 0 Å². The molecule has 1 unspecified atom stereocenters. The van der Waals surface area contributed by atoms with Crippen molar-refractivity contribution in [1.82, 2.24) is 4.72 Å². The van der Waals surface area contributed by atoms with Crippen LogP contribution in [0.4, 0.5) is 0 Å². The van der Waals surface area contributed by atoms with E-state index in [0.717, 1.165) is 16.9 Å². The monoisotopic (exact) mass is 457 g/mol. The van der Waals surface area contributed by atoms with Crippen molar-refractivity contribution >= 4 is 10.0 Å². The summed E-state index contributed by atoms with van der Waals surface area (Å²) in [6.45, 7) is 0. The fourth-order valence-corrected chi connectivity index (χ4v) is 4.68. The molecular formula is C24H27NO6S. The number of sulfonamides is 1. The minimum Gasteiger partial charge on any atom is -0.497 e. The molecule has 0 aromatic heterocycles. The molecule has 0 amide bonds. The summed E-state index contributed by atoms with van der Waals surface area (Å²) in [7, 11) is 2.21. The molecule has 0 saturated carbocycles. The molecule has 7 nitrogen and oxygen atoms in total. The average Bonchev–Trinajstić information content (AvgIpc) is 2.83. The van der Waals surface area contributed by atoms with Crippen molar-refractivity contribution in [2.24, 2.45) is 0 Å². The molecule has 3 aromatic rings. The maximum absolute atomic E-state index is 13.3. The quantitative estimate of drug-likeness (QED) is 0.496. The summed E-state index contributed by atoms with van der Waals surface area (Å²) in [5.74, 6) is 2.13. The number of nitrogens with one attached hydrogen (secondary N) is 1. The average molecular weight is 458 g/mol. The number of hydrogen-bond acceptors (Lipinski definition) is 6. The van der Waals surface area contributed by atoms with E-state index < -0.39 is 16.1 Å². The highest BCUT2D eigenvalue weighted by atomic mass is 32.2. The van der Waals surface area contributed by atoms with Gasteiger partial charge in [-0.3, -0.25) is 0 Å². The van der Waals surface area contributed by atoms with Gasteiger partial charge in [0.05, 0.1) is 34.5 Å². The predicted octanol–water partition coefficient (Wildman–Crippen LogP) is 3.98. The molecule has 32 heavy (non-hydrogen) atoms. The summed E-state index contributed by atoms with van der Waals surface area (Å²) < 4.78 is 50.4. The molecule has 3 rings (SSSR count). The molecule has 0 heterocycles. The summed E-state index contributed by atoms with van der Waals surface area (Å²) in [4.78, 5) is 0.0362. The molecule has 0 radical (unpaired) electrons. The zero-order valence-corrected chi connectivity index (χ0v) is 19.3. The lowest BCUT2D eigenvalue weighted by Crippen LogP contribution is -2.30. The van der Waals surface area contributed by atoms with Crippen molar-refractivity contribution < 1.29 is 27.4 Å². The van der Waals surface area contributed by atoms with E-state index in [2.05, 4.69) is 4.72 Å². The van der Waals surface area contributed by atoms with Crippen molar-refractivity contribution in [2.45, 2.75) is 17.4 Å². The van der Waals surface area contributed by atoms with Gasteiger partial charge < -0.3 is 18.9 Å². The van der Waals surface area contributed by atoms with E-state index in [1.54, 1.807) is 38.5 Å². The summed E-state index contributed by atoms with van der Waals surface area (Å²) in [5, 5.41) is 0. The van der Waals surface area contributed by atoms with Crippen molar-refractivity contribution in [1.29, 1.82) is 0 Å². The van der Waals surface area contributed by atoms with Gasteiger partial charge in [0.1, 0.15) is 27.9 Å². The number of methoxy groups -OCH3 is 4. The minimum atomic E-state index is -3.91. The minimum absolute atomic E-state index is 0.0362. The van der Waals surface area contributed by atoms with E-state index in [-0.39, 0.29) is 10.6 Å². The Morgan fingerprint density at radius 3 is 1.78 bits per heavy atom. The van der Waals surface area contributed by atoms with Crippen LogP contribution in [0.2, 0.25) is 0 Å². The lowest BCUT2D eigenvalue weighted by atomic mass is 9.99. The molecule has 0 aliphatic heterocycles. The van der Waals surface area contributed by atoms with Crippen LogP contribution in [0.25, 0.3) is 0 Å². The topological polar surface area (TPSA) is 83.1 Å². The van der Waals surface area contributed by atoms with Gasteiger partial charge in [0.15, 0.2) is 0 Å². The molecule has 8 heteroatoms. The molecule has 0 aliphatic rings. The Bertz CT molecular complexity index is 1130. The highest BCUT2D eigenvalue weighted by Gasteiger charge is 2.25. The van der Waals surface area contributed by atoms with Gasteiger partial charge in [-0.15, -0.1) is 0 Å². The molecule has 3 aromatic carbocycles. The lowest BCUT2D eigenvalue weighted by molar-refractivity contribution is 0.385. The highest BCUT2D eigenvalue weighted by molar-refractivity contribution is 7.89. The number of rotatable bonds is 10. The summed E-state index contributed by atoms with van der Waals surface area (Å²) in [6.07, 6.45) is 0.439. The fourth-order valence-electron chi connectivity index (χ4n) is 3.31. The van der Waals surface area contributed by atoms with Gasteiger partial charge in [-0.1, -0.05) is 24.3 Å². The normalized spacial score (nSPS) is 12.1. The van der Waals surface area contributed by atoms with Crippen LogP contribution in [-0.4, -0.2) is 36.9 Å². The second-order valence-electron chi connectivity index (χ2n) is 7.02. The highest BCUT2D eigenvalue weighted by Crippen LogP contribution is 2.31. The number of benzene rings is 3. The summed E-state index contributed by atoms with van der Waals surface area (Å²) in [5.41, 5.74) is 1.76. The van der Waals surface area contributed by atoms with Crippen LogP contribution in [0, 0.1) is 0 Å². The molecule has 170 valence electrons. The van der Waals surface area contributed by atoms with Crippen LogP contribution < -0.4 is 23.7 Å². The maximum Gasteiger partial charge on any atom is 0.244 e. The second kappa shape index (κ2) is 10.4. The number of ether oxygens (including phenoxy) is 4. The summed E-state index contributed by atoms with van der Waals surface area (Å²) in [6, 6.07) is 18.9. The standard InChI is InChI=1S/C24H27NO6S/c1-28-19-9-5-17(6-10-19)15-22(18-7-11-20(29-2)12-8-18)25-32(26,27)24-14-13-21(30-3)16-23(24)31-4/h5-14,16,22,25H,15H2,1-4H3. The van der Waals surface area contributed by atoms with Gasteiger partial charge in [0.25, 0.3) is 0 Å². The van der Waals surface area contributed by atoms with Crippen molar-refractivity contribution in [3.63, 3.8) is 0 Å². The zero-order valence-electron chi connectivity index (χ0n) is 18.5. The van der Waals surface area contributed by atoms with E-state index in [9.17, 15) is 8.42 Å². The van der Waals surface area contributed by atoms with E-state index >= 15 is 0 Å². The zero-order chi connectivity index (χ0) is 23.1. The molecule has 0 aliphatic carbocycles. The SMILES string of the molecule is COc1ccc(CC(NS(=O)(=O)c2ccc(OC)cc2OC)c2ccc(OC)cc2)cc1. The first-order valence-corrected chi connectivity index (χ1v) is 11.4. The van der Waals surface area contributed by atoms with E-state index in [1.165, 1.54) is 20.3 Å². The molecule has 0 bridgehead atoms. The maximum atomic E-state index is 13.3. The van der Waals surface area contributed by atoms with Gasteiger partial charge in [-0.05, 0) is 53.9 Å². The molecule has 1 atom stereocenters. The first-order chi connectivity index (χ1) is 15.4. The van der Waals surface area contributed by atoms with Crippen LogP contribution in [0.1, 0.15) is 17.2 Å². The Morgan fingerprint density at radius 1 is 0.719 bits per heavy atom. The van der Waals surface area contributed by atoms with Gasteiger partial charge >= 0.3 is 0 Å². The predicted molar refractivity (Wildman–Crippen MR) is 122 cm³/mol. The molecule has 0 saturated heterocycles. The van der Waals surface area contributed by atoms with Crippen LogP contribution in [0.3, 0.4) is 0 Å². The van der Waals surface area contributed by atoms with Gasteiger partial charge in [0, 0.05) is 6.07 Å². The molecule has 1 N–H and O–H groups in total. The van der Waals surface area contributed by atoms with E-state index in [0.29, 0.717) is 17.9 Å². The van der Waals surface area contributed by atoms with Gasteiger partial charge in [0.2, 0.25) is 10.0 Å². The molecule has 0 spiro atoms. The van der Waals surface area contributed by atoms with E-state index in [4.69, 9.17) is 18.9 Å². The third-order valence-electron chi connectivity index (χ3n) is 5.07. The Morgan fingerprint density at radius 2 is 1.25 bits per heavy atom. The Labute approximate surface area is 189 Å². The van der Waals surface area contributed by atoms with Crippen molar-refractivity contribution in [2.75, 3.05) is 28.4 Å².